The quantitative estimate of drug-likeness (QED) is 0.361. The largest absolute Gasteiger partial charge is 0.444 e. The molecule has 9 heteroatoms. The highest BCUT2D eigenvalue weighted by atomic mass is 16.6. The molecule has 1 aromatic rings. The molecule has 2 heterocycles. The molecule has 3 rings (SSSR count). The van der Waals surface area contributed by atoms with Crippen LogP contribution in [0.2, 0.25) is 0 Å². The molecule has 1 aromatic carbocycles. The van der Waals surface area contributed by atoms with Crippen LogP contribution in [0.3, 0.4) is 0 Å². The normalized spacial score (nSPS) is 20.0. The molecule has 37 heavy (non-hydrogen) atoms. The summed E-state index contributed by atoms with van der Waals surface area (Å²) in [6, 6.07) is 7.58. The van der Waals surface area contributed by atoms with Gasteiger partial charge in [0.2, 0.25) is 5.88 Å². The number of nitrogens with one attached hydrogen (secondary N) is 1. The summed E-state index contributed by atoms with van der Waals surface area (Å²) in [5.74, 6) is 5.95. The number of nitrogens with two attached hydrogens (primary N) is 2. The van der Waals surface area contributed by atoms with E-state index in [2.05, 4.69) is 17.9 Å². The van der Waals surface area contributed by atoms with Gasteiger partial charge in [-0.1, -0.05) is 31.8 Å². The van der Waals surface area contributed by atoms with E-state index in [1.165, 1.54) is 0 Å². The first-order chi connectivity index (χ1) is 17.2. The number of aliphatic hydroxyl groups excluding tert-OH is 1. The maximum absolute atomic E-state index is 12.2. The highest BCUT2D eigenvalue weighted by molar-refractivity contribution is 6.00. The van der Waals surface area contributed by atoms with Gasteiger partial charge in [-0.05, 0) is 56.9 Å². The first-order valence-corrected chi connectivity index (χ1v) is 12.1. The fraction of sp³-hybridized carbons (Fsp3) is 0.464. The Hall–Kier alpha value is -3.95. The number of nitrogens with zero attached hydrogens (tertiary/aromatic N) is 2. The van der Waals surface area contributed by atoms with Gasteiger partial charge in [-0.25, -0.2) is 4.79 Å². The molecule has 0 aromatic heterocycles. The lowest BCUT2D eigenvalue weighted by molar-refractivity contribution is 0.00591. The Morgan fingerprint density at radius 3 is 2.46 bits per heavy atom. The van der Waals surface area contributed by atoms with E-state index in [0.29, 0.717) is 35.4 Å². The molecule has 2 aliphatic rings. The number of benzene rings is 1. The molecule has 6 N–H and O–H groups in total. The zero-order chi connectivity index (χ0) is 27.7. The number of hydrogen-bond acceptors (Lipinski definition) is 8. The molecule has 0 aliphatic carbocycles. The van der Waals surface area contributed by atoms with Crippen molar-refractivity contribution in [1.82, 2.24) is 4.90 Å². The Balaban J connectivity index is 2.04. The average Bonchev–Trinajstić information content (AvgIpc) is 2.75. The van der Waals surface area contributed by atoms with Gasteiger partial charge in [0.15, 0.2) is 5.88 Å². The average molecular weight is 506 g/mol. The lowest BCUT2D eigenvalue weighted by Crippen LogP contribution is -2.51. The third-order valence-corrected chi connectivity index (χ3v) is 6.44. The predicted octanol–water partition coefficient (Wildman–Crippen LogP) is 3.23. The zero-order valence-corrected chi connectivity index (χ0v) is 22.2. The smallest absolute Gasteiger partial charge is 0.410 e. The van der Waals surface area contributed by atoms with Crippen molar-refractivity contribution in [1.29, 1.82) is 10.7 Å². The van der Waals surface area contributed by atoms with Gasteiger partial charge in [0, 0.05) is 29.9 Å². The minimum Gasteiger partial charge on any atom is -0.444 e. The van der Waals surface area contributed by atoms with Crippen LogP contribution in [0.25, 0.3) is 0 Å². The van der Waals surface area contributed by atoms with Gasteiger partial charge < -0.3 is 36.4 Å². The summed E-state index contributed by atoms with van der Waals surface area (Å²) in [6.45, 7) is 11.6. The van der Waals surface area contributed by atoms with Crippen LogP contribution in [0.15, 0.2) is 41.1 Å². The SMILES string of the molecule is CC(=N)C1=C(N)OC(N)=C(C#N)C1(c1cc(C#CC2CN(C(=O)OC(C)(C)C)C2)cc(CO)c1)C(C)C. The monoisotopic (exact) mass is 505 g/mol. The molecule has 1 amide bonds. The van der Waals surface area contributed by atoms with Crippen LogP contribution >= 0.6 is 0 Å². The molecule has 1 unspecified atom stereocenters. The van der Waals surface area contributed by atoms with E-state index in [4.69, 9.17) is 26.4 Å². The van der Waals surface area contributed by atoms with Crippen molar-refractivity contribution in [2.24, 2.45) is 23.3 Å². The Labute approximate surface area is 218 Å². The van der Waals surface area contributed by atoms with Crippen molar-refractivity contribution >= 4 is 11.8 Å². The summed E-state index contributed by atoms with van der Waals surface area (Å²) in [7, 11) is 0. The second kappa shape index (κ2) is 10.2. The molecule has 1 fully saturated rings. The Morgan fingerprint density at radius 1 is 1.30 bits per heavy atom. The van der Waals surface area contributed by atoms with Gasteiger partial charge in [0.25, 0.3) is 0 Å². The van der Waals surface area contributed by atoms with E-state index in [1.54, 1.807) is 24.0 Å². The number of aliphatic hydroxyl groups is 1. The van der Waals surface area contributed by atoms with E-state index in [9.17, 15) is 15.2 Å². The molecular weight excluding hydrogens is 470 g/mol. The summed E-state index contributed by atoms with van der Waals surface area (Å²) >= 11 is 0. The molecular formula is C28H35N5O4. The Bertz CT molecular complexity index is 1280. The molecule has 1 atom stereocenters. The third-order valence-electron chi connectivity index (χ3n) is 6.44. The number of nitriles is 1. The van der Waals surface area contributed by atoms with Crippen LogP contribution in [0, 0.1) is 40.4 Å². The van der Waals surface area contributed by atoms with Gasteiger partial charge >= 0.3 is 6.09 Å². The summed E-state index contributed by atoms with van der Waals surface area (Å²) in [4.78, 5) is 13.8. The summed E-state index contributed by atoms with van der Waals surface area (Å²) < 4.78 is 10.9. The van der Waals surface area contributed by atoms with E-state index in [1.807, 2.05) is 40.7 Å². The lowest BCUT2D eigenvalue weighted by Gasteiger charge is -2.43. The number of hydrogen-bond donors (Lipinski definition) is 4. The predicted molar refractivity (Wildman–Crippen MR) is 140 cm³/mol. The standard InChI is InChI=1S/C28H35N5O4/c1-16(2)28(22(12-29)24(31)36-25(32)23(28)17(3)30)21-10-18(9-20(11-21)15-34)7-8-19-13-33(14-19)26(35)37-27(4,5)6/h9-11,16,19,30,34H,13-15,31-32H2,1-6H3. The number of amides is 1. The topological polar surface area (TPSA) is 159 Å². The lowest BCUT2D eigenvalue weighted by atomic mass is 9.60. The minimum atomic E-state index is -1.17. The molecule has 2 aliphatic heterocycles. The number of allylic oxidation sites excluding steroid dienone is 2. The van der Waals surface area contributed by atoms with Crippen molar-refractivity contribution in [3.63, 3.8) is 0 Å². The van der Waals surface area contributed by atoms with Crippen LogP contribution in [-0.4, -0.2) is 40.5 Å². The van der Waals surface area contributed by atoms with E-state index in [-0.39, 0.29) is 47.6 Å². The van der Waals surface area contributed by atoms with Crippen LogP contribution in [0.5, 0.6) is 0 Å². The van der Waals surface area contributed by atoms with E-state index in [0.717, 1.165) is 0 Å². The van der Waals surface area contributed by atoms with Gasteiger partial charge in [-0.2, -0.15) is 5.26 Å². The first-order valence-electron chi connectivity index (χ1n) is 12.1. The number of carbonyl (C=O) groups excluding carboxylic acids is 1. The molecule has 196 valence electrons. The summed E-state index contributed by atoms with van der Waals surface area (Å²) in [5, 5.41) is 28.6. The summed E-state index contributed by atoms with van der Waals surface area (Å²) in [6.07, 6.45) is -0.360. The van der Waals surface area contributed by atoms with Gasteiger partial charge in [-0.15, -0.1) is 0 Å². The van der Waals surface area contributed by atoms with Crippen LogP contribution in [0.4, 0.5) is 4.79 Å². The van der Waals surface area contributed by atoms with Gasteiger partial charge in [0.05, 0.1) is 17.9 Å². The van der Waals surface area contributed by atoms with Crippen molar-refractivity contribution < 1.29 is 19.4 Å². The van der Waals surface area contributed by atoms with Gasteiger partial charge in [-0.3, -0.25) is 0 Å². The molecule has 1 saturated heterocycles. The number of rotatable bonds is 4. The van der Waals surface area contributed by atoms with E-state index >= 15 is 0 Å². The second-order valence-electron chi connectivity index (χ2n) is 10.7. The number of likely N-dealkylation sites (tertiary alicyclic amines) is 1. The van der Waals surface area contributed by atoms with Crippen LogP contribution in [-0.2, 0) is 21.5 Å². The molecule has 9 nitrogen and oxygen atoms in total. The zero-order valence-electron chi connectivity index (χ0n) is 22.2. The molecule has 0 spiro atoms. The van der Waals surface area contributed by atoms with E-state index < -0.39 is 11.0 Å². The number of ether oxygens (including phenoxy) is 2. The van der Waals surface area contributed by atoms with Gasteiger partial charge in [0.1, 0.15) is 17.2 Å². The number of carbonyl (C=O) groups is 1. The highest BCUT2D eigenvalue weighted by Crippen LogP contribution is 2.50. The minimum absolute atomic E-state index is 0.0176. The third kappa shape index (κ3) is 5.28. The fourth-order valence-corrected chi connectivity index (χ4v) is 4.87. The van der Waals surface area contributed by atoms with Crippen LogP contribution < -0.4 is 11.5 Å². The first kappa shape index (κ1) is 27.6. The van der Waals surface area contributed by atoms with Crippen molar-refractivity contribution in [2.45, 2.75) is 59.2 Å². The van der Waals surface area contributed by atoms with Crippen molar-refractivity contribution in [3.05, 3.63) is 57.8 Å². The maximum atomic E-state index is 12.2. The molecule has 0 saturated carbocycles. The second-order valence-corrected chi connectivity index (χ2v) is 10.7. The summed E-state index contributed by atoms with van der Waals surface area (Å²) in [5.41, 5.74) is 13.1. The fourth-order valence-electron chi connectivity index (χ4n) is 4.87. The highest BCUT2D eigenvalue weighted by Gasteiger charge is 2.50. The van der Waals surface area contributed by atoms with Crippen LogP contribution in [0.1, 0.15) is 58.2 Å². The molecule has 0 radical (unpaired) electrons. The maximum Gasteiger partial charge on any atom is 0.410 e. The molecule has 0 bridgehead atoms. The van der Waals surface area contributed by atoms with Crippen molar-refractivity contribution in [2.75, 3.05) is 13.1 Å². The Morgan fingerprint density at radius 2 is 1.95 bits per heavy atom. The Kier molecular flexibility index (Phi) is 7.62. The van der Waals surface area contributed by atoms with Crippen molar-refractivity contribution in [3.8, 4) is 17.9 Å².